The molecule has 1 aromatic carbocycles. The number of aryl methyl sites for hydroxylation is 1. The quantitative estimate of drug-likeness (QED) is 0.814. The van der Waals surface area contributed by atoms with Crippen molar-refractivity contribution < 1.29 is 9.90 Å². The molecule has 0 aliphatic rings. The Labute approximate surface area is 105 Å². The Kier molecular flexibility index (Phi) is 3.32. The molecule has 2 aromatic rings. The highest BCUT2D eigenvalue weighted by Crippen LogP contribution is 2.24. The summed E-state index contributed by atoms with van der Waals surface area (Å²) in [6.07, 6.45) is 3.34. The number of nitrogens with one attached hydrogen (secondary N) is 1. The summed E-state index contributed by atoms with van der Waals surface area (Å²) in [6.45, 7) is 3.62. The van der Waals surface area contributed by atoms with Gasteiger partial charge in [-0.1, -0.05) is 6.07 Å². The standard InChI is InChI=1S/C13H15N3O2/c1-9-4-5-11(12(17)8-9)15-13(18)10(2)16-7-3-6-14-16/h3-8,10,17H,1-2H3,(H,15,18). The smallest absolute Gasteiger partial charge is 0.249 e. The molecule has 0 spiro atoms. The van der Waals surface area contributed by atoms with Gasteiger partial charge in [0.1, 0.15) is 11.8 Å². The normalized spacial score (nSPS) is 12.1. The number of hydrogen-bond acceptors (Lipinski definition) is 3. The van der Waals surface area contributed by atoms with Gasteiger partial charge in [-0.3, -0.25) is 9.48 Å². The fourth-order valence-corrected chi connectivity index (χ4v) is 1.61. The average Bonchev–Trinajstić information content (AvgIpc) is 2.85. The first-order valence-electron chi connectivity index (χ1n) is 5.67. The molecule has 94 valence electrons. The van der Waals surface area contributed by atoms with Crippen LogP contribution in [0.5, 0.6) is 5.75 Å². The number of carbonyl (C=O) groups excluding carboxylic acids is 1. The van der Waals surface area contributed by atoms with E-state index in [0.717, 1.165) is 5.56 Å². The van der Waals surface area contributed by atoms with Crippen molar-refractivity contribution in [1.82, 2.24) is 9.78 Å². The van der Waals surface area contributed by atoms with Gasteiger partial charge in [0.25, 0.3) is 0 Å². The molecule has 0 aliphatic carbocycles. The number of phenols is 1. The van der Waals surface area contributed by atoms with Gasteiger partial charge in [-0.25, -0.2) is 0 Å². The fraction of sp³-hybridized carbons (Fsp3) is 0.231. The molecule has 1 unspecified atom stereocenters. The Morgan fingerprint density at radius 3 is 2.89 bits per heavy atom. The van der Waals surface area contributed by atoms with Crippen LogP contribution in [-0.4, -0.2) is 20.8 Å². The highest BCUT2D eigenvalue weighted by atomic mass is 16.3. The summed E-state index contributed by atoms with van der Waals surface area (Å²) in [5, 5.41) is 16.4. The number of amides is 1. The molecule has 1 heterocycles. The van der Waals surface area contributed by atoms with Crippen LogP contribution in [0, 0.1) is 6.92 Å². The van der Waals surface area contributed by atoms with E-state index in [0.29, 0.717) is 5.69 Å². The van der Waals surface area contributed by atoms with Gasteiger partial charge < -0.3 is 10.4 Å². The van der Waals surface area contributed by atoms with Gasteiger partial charge in [0, 0.05) is 12.4 Å². The summed E-state index contributed by atoms with van der Waals surface area (Å²) in [6, 6.07) is 6.44. The fourth-order valence-electron chi connectivity index (χ4n) is 1.61. The predicted molar refractivity (Wildman–Crippen MR) is 68.4 cm³/mol. The van der Waals surface area contributed by atoms with E-state index in [2.05, 4.69) is 10.4 Å². The summed E-state index contributed by atoms with van der Waals surface area (Å²) in [4.78, 5) is 12.0. The highest BCUT2D eigenvalue weighted by Gasteiger charge is 2.16. The van der Waals surface area contributed by atoms with Crippen LogP contribution < -0.4 is 5.32 Å². The van der Waals surface area contributed by atoms with Gasteiger partial charge in [-0.05, 0) is 37.6 Å². The molecule has 0 radical (unpaired) electrons. The zero-order valence-corrected chi connectivity index (χ0v) is 10.3. The summed E-state index contributed by atoms with van der Waals surface area (Å²) < 4.78 is 1.56. The minimum absolute atomic E-state index is 0.0658. The largest absolute Gasteiger partial charge is 0.506 e. The van der Waals surface area contributed by atoms with E-state index in [1.807, 2.05) is 13.0 Å². The molecule has 1 atom stereocenters. The summed E-state index contributed by atoms with van der Waals surface area (Å²) in [5.41, 5.74) is 1.34. The van der Waals surface area contributed by atoms with Crippen LogP contribution in [0.15, 0.2) is 36.7 Å². The van der Waals surface area contributed by atoms with Gasteiger partial charge in [0.05, 0.1) is 5.69 Å². The Hall–Kier alpha value is -2.30. The Bertz CT molecular complexity index is 549. The van der Waals surface area contributed by atoms with E-state index in [4.69, 9.17) is 0 Å². The number of rotatable bonds is 3. The van der Waals surface area contributed by atoms with Crippen molar-refractivity contribution in [2.24, 2.45) is 0 Å². The van der Waals surface area contributed by atoms with Crippen molar-refractivity contribution in [1.29, 1.82) is 0 Å². The number of aromatic hydroxyl groups is 1. The molecule has 1 amide bonds. The molecular weight excluding hydrogens is 230 g/mol. The maximum atomic E-state index is 12.0. The maximum absolute atomic E-state index is 12.0. The zero-order chi connectivity index (χ0) is 13.1. The van der Waals surface area contributed by atoms with Gasteiger partial charge in [-0.15, -0.1) is 0 Å². The Balaban J connectivity index is 2.12. The lowest BCUT2D eigenvalue weighted by molar-refractivity contribution is -0.119. The van der Waals surface area contributed by atoms with Gasteiger partial charge in [0.15, 0.2) is 0 Å². The second-order valence-electron chi connectivity index (χ2n) is 4.17. The summed E-state index contributed by atoms with van der Waals surface area (Å²) in [5.74, 6) is -0.158. The summed E-state index contributed by atoms with van der Waals surface area (Å²) >= 11 is 0. The molecule has 0 saturated heterocycles. The second kappa shape index (κ2) is 4.91. The molecule has 2 N–H and O–H groups in total. The molecule has 5 heteroatoms. The molecule has 5 nitrogen and oxygen atoms in total. The van der Waals surface area contributed by atoms with Gasteiger partial charge >= 0.3 is 0 Å². The van der Waals surface area contributed by atoms with Crippen LogP contribution in [-0.2, 0) is 4.79 Å². The first-order valence-corrected chi connectivity index (χ1v) is 5.67. The monoisotopic (exact) mass is 245 g/mol. The Morgan fingerprint density at radius 1 is 1.50 bits per heavy atom. The van der Waals surface area contributed by atoms with Crippen molar-refractivity contribution in [2.75, 3.05) is 5.32 Å². The van der Waals surface area contributed by atoms with E-state index in [9.17, 15) is 9.90 Å². The van der Waals surface area contributed by atoms with E-state index in [1.165, 1.54) is 0 Å². The van der Waals surface area contributed by atoms with E-state index in [1.54, 1.807) is 42.2 Å². The third-order valence-electron chi connectivity index (χ3n) is 2.71. The number of aromatic nitrogens is 2. The van der Waals surface area contributed by atoms with E-state index >= 15 is 0 Å². The number of carbonyl (C=O) groups is 1. The lowest BCUT2D eigenvalue weighted by Crippen LogP contribution is -2.24. The first kappa shape index (κ1) is 12.2. The SMILES string of the molecule is Cc1ccc(NC(=O)C(C)n2cccn2)c(O)c1. The molecule has 0 bridgehead atoms. The van der Waals surface area contributed by atoms with Gasteiger partial charge in [-0.2, -0.15) is 5.10 Å². The number of nitrogens with zero attached hydrogens (tertiary/aromatic N) is 2. The second-order valence-corrected chi connectivity index (χ2v) is 4.17. The predicted octanol–water partition coefficient (Wildman–Crippen LogP) is 2.10. The molecule has 2 rings (SSSR count). The number of benzene rings is 1. The number of anilines is 1. The van der Waals surface area contributed by atoms with Crippen LogP contribution in [0.4, 0.5) is 5.69 Å². The molecule has 18 heavy (non-hydrogen) atoms. The van der Waals surface area contributed by atoms with Crippen LogP contribution in [0.25, 0.3) is 0 Å². The molecule has 0 aliphatic heterocycles. The lowest BCUT2D eigenvalue weighted by atomic mass is 10.2. The zero-order valence-electron chi connectivity index (χ0n) is 10.3. The van der Waals surface area contributed by atoms with E-state index < -0.39 is 6.04 Å². The van der Waals surface area contributed by atoms with Crippen LogP contribution in [0.2, 0.25) is 0 Å². The number of phenolic OH excluding ortho intramolecular Hbond substituents is 1. The van der Waals surface area contributed by atoms with Crippen molar-refractivity contribution in [2.45, 2.75) is 19.9 Å². The van der Waals surface area contributed by atoms with Crippen LogP contribution >= 0.6 is 0 Å². The third kappa shape index (κ3) is 2.51. The molecule has 0 saturated carbocycles. The van der Waals surface area contributed by atoms with Gasteiger partial charge in [0.2, 0.25) is 5.91 Å². The van der Waals surface area contributed by atoms with Crippen molar-refractivity contribution in [3.63, 3.8) is 0 Å². The lowest BCUT2D eigenvalue weighted by Gasteiger charge is -2.13. The maximum Gasteiger partial charge on any atom is 0.249 e. The van der Waals surface area contributed by atoms with E-state index in [-0.39, 0.29) is 11.7 Å². The van der Waals surface area contributed by atoms with Crippen molar-refractivity contribution in [3.05, 3.63) is 42.2 Å². The van der Waals surface area contributed by atoms with Crippen LogP contribution in [0.3, 0.4) is 0 Å². The third-order valence-corrected chi connectivity index (χ3v) is 2.71. The topological polar surface area (TPSA) is 67.2 Å². The Morgan fingerprint density at radius 2 is 2.28 bits per heavy atom. The van der Waals surface area contributed by atoms with Crippen LogP contribution in [0.1, 0.15) is 18.5 Å². The summed E-state index contributed by atoms with van der Waals surface area (Å²) in [7, 11) is 0. The molecular formula is C13H15N3O2. The number of hydrogen-bond donors (Lipinski definition) is 2. The van der Waals surface area contributed by atoms with Crippen molar-refractivity contribution in [3.8, 4) is 5.75 Å². The minimum Gasteiger partial charge on any atom is -0.506 e. The molecule has 0 fully saturated rings. The first-order chi connectivity index (χ1) is 8.58. The minimum atomic E-state index is -0.430. The van der Waals surface area contributed by atoms with Crippen molar-refractivity contribution >= 4 is 11.6 Å². The highest BCUT2D eigenvalue weighted by molar-refractivity contribution is 5.94. The molecule has 1 aromatic heterocycles. The average molecular weight is 245 g/mol.